The Morgan fingerprint density at radius 1 is 0.529 bits per heavy atom. The maximum atomic E-state index is 4.75. The summed E-state index contributed by atoms with van der Waals surface area (Å²) in [4.78, 5) is 0. The summed E-state index contributed by atoms with van der Waals surface area (Å²) >= 11 is 0. The Bertz CT molecular complexity index is 2240. The van der Waals surface area contributed by atoms with Gasteiger partial charge in [0.15, 0.2) is 0 Å². The molecule has 0 heteroatoms. The van der Waals surface area contributed by atoms with Crippen LogP contribution in [0.3, 0.4) is 0 Å². The molecule has 0 atom stereocenters. The minimum atomic E-state index is 1.05. The molecule has 0 radical (unpaired) electrons. The van der Waals surface area contributed by atoms with Crippen LogP contribution in [0, 0.1) is 0 Å². The van der Waals surface area contributed by atoms with Gasteiger partial charge < -0.3 is 0 Å². The molecule has 0 bridgehead atoms. The molecule has 9 rings (SSSR count). The minimum absolute atomic E-state index is 1.05. The summed E-state index contributed by atoms with van der Waals surface area (Å²) < 4.78 is 0. The standard InChI is InChI=1S/C34H20/c1-3-20-22-9-4-7-19-14-16-26-25-12-6-11-24-23-10-5-8-18-13-15-21-17(2)27(20)33(32(26)28(19)22)34(30(24)25)31(21)29(18)23/h3-12,14,16H,1-2,13,15H2. The van der Waals surface area contributed by atoms with Crippen molar-refractivity contribution in [2.75, 3.05) is 0 Å². The van der Waals surface area contributed by atoms with E-state index in [4.69, 9.17) is 6.58 Å². The van der Waals surface area contributed by atoms with Crippen LogP contribution >= 0.6 is 0 Å². The van der Waals surface area contributed by atoms with Crippen LogP contribution in [0.4, 0.5) is 0 Å². The zero-order valence-corrected chi connectivity index (χ0v) is 18.8. The van der Waals surface area contributed by atoms with Crippen molar-refractivity contribution >= 4 is 88.1 Å². The Kier molecular flexibility index (Phi) is 2.80. The molecular formula is C34H20. The first kappa shape index (κ1) is 17.3. The van der Waals surface area contributed by atoms with Gasteiger partial charge in [0.25, 0.3) is 0 Å². The fourth-order valence-electron chi connectivity index (χ4n) is 7.50. The maximum absolute atomic E-state index is 4.75. The highest BCUT2D eigenvalue weighted by atomic mass is 14.3. The predicted octanol–water partition coefficient (Wildman–Crippen LogP) is 8.51. The van der Waals surface area contributed by atoms with Gasteiger partial charge in [-0.2, -0.15) is 0 Å². The summed E-state index contributed by atoms with van der Waals surface area (Å²) in [5.41, 5.74) is 4.15. The Morgan fingerprint density at radius 3 is 2.03 bits per heavy atom. The lowest BCUT2D eigenvalue weighted by Crippen LogP contribution is -2.16. The lowest BCUT2D eigenvalue weighted by atomic mass is 9.75. The first-order valence-electron chi connectivity index (χ1n) is 12.2. The molecule has 0 heterocycles. The van der Waals surface area contributed by atoms with Crippen LogP contribution in [-0.4, -0.2) is 0 Å². The molecule has 0 amide bonds. The van der Waals surface area contributed by atoms with Crippen LogP contribution in [0.5, 0.6) is 0 Å². The van der Waals surface area contributed by atoms with Crippen molar-refractivity contribution in [1.82, 2.24) is 0 Å². The largest absolute Gasteiger partial charge is 0.0984 e. The highest BCUT2D eigenvalue weighted by Gasteiger charge is 2.27. The van der Waals surface area contributed by atoms with Gasteiger partial charge in [0.2, 0.25) is 0 Å². The third-order valence-electron chi connectivity index (χ3n) is 8.72. The number of hydrogen-bond donors (Lipinski definition) is 0. The van der Waals surface area contributed by atoms with Crippen molar-refractivity contribution in [2.45, 2.75) is 12.8 Å². The van der Waals surface area contributed by atoms with Crippen molar-refractivity contribution < 1.29 is 0 Å². The van der Waals surface area contributed by atoms with Gasteiger partial charge in [0, 0.05) is 0 Å². The molecule has 34 heavy (non-hydrogen) atoms. The number of aryl methyl sites for hydroxylation is 2. The lowest BCUT2D eigenvalue weighted by Gasteiger charge is -2.27. The second-order valence-corrected chi connectivity index (χ2v) is 10.0. The van der Waals surface area contributed by atoms with Crippen LogP contribution in [0.15, 0.2) is 73.3 Å². The first-order valence-corrected chi connectivity index (χ1v) is 12.2. The van der Waals surface area contributed by atoms with Crippen LogP contribution in [0.2, 0.25) is 0 Å². The van der Waals surface area contributed by atoms with Crippen molar-refractivity contribution in [2.24, 2.45) is 0 Å². The summed E-state index contributed by atoms with van der Waals surface area (Å²) in [5.74, 6) is 0. The molecule has 0 unspecified atom stereocenters. The van der Waals surface area contributed by atoms with E-state index in [0.29, 0.717) is 0 Å². The number of fused-ring (bicyclic) bond motifs is 2. The third kappa shape index (κ3) is 1.66. The summed E-state index contributed by atoms with van der Waals surface area (Å²) in [6, 6.07) is 25.1. The second kappa shape index (κ2) is 5.48. The van der Waals surface area contributed by atoms with Crippen LogP contribution in [0.1, 0.15) is 16.7 Å². The normalized spacial score (nSPS) is 13.9. The molecule has 0 aliphatic heterocycles. The Morgan fingerprint density at radius 2 is 1.21 bits per heavy atom. The molecule has 156 valence electrons. The van der Waals surface area contributed by atoms with E-state index in [1.807, 2.05) is 0 Å². The second-order valence-electron chi connectivity index (χ2n) is 10.0. The number of hydrogen-bond acceptors (Lipinski definition) is 0. The molecule has 8 aromatic rings. The van der Waals surface area contributed by atoms with Gasteiger partial charge in [-0.15, -0.1) is 0 Å². The quantitative estimate of drug-likeness (QED) is 0.182. The predicted molar refractivity (Wildman–Crippen MR) is 150 cm³/mol. The summed E-state index contributed by atoms with van der Waals surface area (Å²) in [6.07, 6.45) is 4.19. The molecule has 0 nitrogen and oxygen atoms in total. The molecule has 0 aromatic heterocycles. The molecule has 0 fully saturated rings. The number of benzene rings is 8. The SMILES string of the molecule is C=Cc1c2cccc3ccc4c5cccc6c7cccc8c7c7c(c(=C)c1c(c4c32)c7c65)CC8. The van der Waals surface area contributed by atoms with E-state index in [-0.39, 0.29) is 0 Å². The van der Waals surface area contributed by atoms with E-state index in [1.165, 1.54) is 97.3 Å². The van der Waals surface area contributed by atoms with Crippen molar-refractivity contribution in [3.63, 3.8) is 0 Å². The fourth-order valence-corrected chi connectivity index (χ4v) is 7.50. The zero-order valence-electron chi connectivity index (χ0n) is 18.8. The van der Waals surface area contributed by atoms with Gasteiger partial charge in [-0.1, -0.05) is 86.0 Å². The zero-order chi connectivity index (χ0) is 22.3. The molecule has 8 aromatic carbocycles. The van der Waals surface area contributed by atoms with Gasteiger partial charge in [0.05, 0.1) is 0 Å². The van der Waals surface area contributed by atoms with Crippen molar-refractivity contribution in [1.29, 1.82) is 0 Å². The monoisotopic (exact) mass is 428 g/mol. The molecule has 1 aliphatic carbocycles. The average Bonchev–Trinajstić information content (AvgIpc) is 2.89. The van der Waals surface area contributed by atoms with Gasteiger partial charge in [0.1, 0.15) is 0 Å². The summed E-state index contributed by atoms with van der Waals surface area (Å²) in [7, 11) is 0. The highest BCUT2D eigenvalue weighted by molar-refractivity contribution is 6.47. The third-order valence-corrected chi connectivity index (χ3v) is 8.72. The van der Waals surface area contributed by atoms with Gasteiger partial charge in [-0.05, 0) is 110 Å². The molecule has 1 aliphatic rings. The van der Waals surface area contributed by atoms with E-state index in [2.05, 4.69) is 79.4 Å². The fraction of sp³-hybridized carbons (Fsp3) is 0.0588. The van der Waals surface area contributed by atoms with E-state index in [0.717, 1.165) is 12.8 Å². The van der Waals surface area contributed by atoms with Gasteiger partial charge in [-0.25, -0.2) is 0 Å². The van der Waals surface area contributed by atoms with Gasteiger partial charge in [-0.3, -0.25) is 0 Å². The van der Waals surface area contributed by atoms with Crippen molar-refractivity contribution in [3.8, 4) is 0 Å². The van der Waals surface area contributed by atoms with E-state index >= 15 is 0 Å². The maximum Gasteiger partial charge on any atom is -0.000117 e. The number of rotatable bonds is 1. The Balaban J connectivity index is 1.85. The Labute approximate surface area is 196 Å². The van der Waals surface area contributed by atoms with E-state index in [9.17, 15) is 0 Å². The molecule has 0 saturated heterocycles. The highest BCUT2D eigenvalue weighted by Crippen LogP contribution is 2.51. The summed E-state index contributed by atoms with van der Waals surface area (Å²) in [6.45, 7) is 9.04. The summed E-state index contributed by atoms with van der Waals surface area (Å²) in [5, 5.41) is 20.5. The molecule has 0 spiro atoms. The molecule has 0 N–H and O–H groups in total. The van der Waals surface area contributed by atoms with Crippen LogP contribution in [0.25, 0.3) is 88.1 Å². The van der Waals surface area contributed by atoms with Gasteiger partial charge >= 0.3 is 0 Å². The van der Waals surface area contributed by atoms with E-state index in [1.54, 1.807) is 0 Å². The molecular weight excluding hydrogens is 408 g/mol. The minimum Gasteiger partial charge on any atom is -0.0984 e. The Hall–Kier alpha value is -4.16. The van der Waals surface area contributed by atoms with Crippen molar-refractivity contribution in [3.05, 3.63) is 95.2 Å². The van der Waals surface area contributed by atoms with Crippen LogP contribution < -0.4 is 5.22 Å². The smallest absolute Gasteiger partial charge is 0.000117 e. The first-order chi connectivity index (χ1) is 16.8. The lowest BCUT2D eigenvalue weighted by molar-refractivity contribution is 0.964. The van der Waals surface area contributed by atoms with E-state index < -0.39 is 0 Å². The molecule has 0 saturated carbocycles. The topological polar surface area (TPSA) is 0 Å². The van der Waals surface area contributed by atoms with Crippen LogP contribution in [-0.2, 0) is 12.8 Å². The average molecular weight is 429 g/mol.